The van der Waals surface area contributed by atoms with Gasteiger partial charge < -0.3 is 9.80 Å². The average Bonchev–Trinajstić information content (AvgIpc) is 2.60. The summed E-state index contributed by atoms with van der Waals surface area (Å²) >= 11 is 0. The van der Waals surface area contributed by atoms with Crippen molar-refractivity contribution in [3.63, 3.8) is 0 Å². The van der Waals surface area contributed by atoms with Gasteiger partial charge in [0.05, 0.1) is 10.5 Å². The number of piperidine rings is 1. The van der Waals surface area contributed by atoms with Crippen LogP contribution in [0.3, 0.4) is 0 Å². The maximum absolute atomic E-state index is 13.1. The number of amides is 1. The second kappa shape index (κ2) is 6.79. The zero-order valence-corrected chi connectivity index (χ0v) is 14.4. The second-order valence-electron chi connectivity index (χ2n) is 7.20. The lowest BCUT2D eigenvalue weighted by Gasteiger charge is -2.41. The molecule has 24 heavy (non-hydrogen) atoms. The van der Waals surface area contributed by atoms with Gasteiger partial charge >= 0.3 is 0 Å². The first-order chi connectivity index (χ1) is 11.5. The molecule has 1 amide bonds. The predicted molar refractivity (Wildman–Crippen MR) is 93.4 cm³/mol. The molecule has 0 radical (unpaired) electrons. The Balaban J connectivity index is 1.85. The zero-order valence-electron chi connectivity index (χ0n) is 14.4. The Morgan fingerprint density at radius 2 is 1.92 bits per heavy atom. The van der Waals surface area contributed by atoms with Crippen LogP contribution in [0.2, 0.25) is 0 Å². The van der Waals surface area contributed by atoms with Crippen molar-refractivity contribution in [3.8, 4) is 0 Å². The standard InChI is InChI=1S/C18H25N3O3/c1-19(2)17-8-7-15(21(23)24)11-16(17)18(22)20-10-9-13-5-3-4-6-14(13)12-20/h7-8,11,13-14H,3-6,9-10,12H2,1-2H3/t13-,14-/m1/s1. The van der Waals surface area contributed by atoms with Crippen LogP contribution in [0.5, 0.6) is 0 Å². The van der Waals surface area contributed by atoms with Crippen molar-refractivity contribution in [2.45, 2.75) is 32.1 Å². The first-order valence-electron chi connectivity index (χ1n) is 8.72. The molecule has 6 heteroatoms. The van der Waals surface area contributed by atoms with E-state index in [9.17, 15) is 14.9 Å². The molecule has 1 aliphatic heterocycles. The maximum atomic E-state index is 13.1. The van der Waals surface area contributed by atoms with Crippen LogP contribution < -0.4 is 4.90 Å². The lowest BCUT2D eigenvalue weighted by molar-refractivity contribution is -0.384. The van der Waals surface area contributed by atoms with Crippen LogP contribution in [0, 0.1) is 22.0 Å². The van der Waals surface area contributed by atoms with Gasteiger partial charge in [0.15, 0.2) is 0 Å². The van der Waals surface area contributed by atoms with Crippen molar-refractivity contribution in [3.05, 3.63) is 33.9 Å². The highest BCUT2D eigenvalue weighted by atomic mass is 16.6. The molecule has 2 aliphatic rings. The third-order valence-corrected chi connectivity index (χ3v) is 5.48. The number of benzene rings is 1. The first kappa shape index (κ1) is 16.7. The third-order valence-electron chi connectivity index (χ3n) is 5.48. The number of carbonyl (C=O) groups excluding carboxylic acids is 1. The highest BCUT2D eigenvalue weighted by molar-refractivity contribution is 6.00. The number of nitro groups is 1. The summed E-state index contributed by atoms with van der Waals surface area (Å²) in [6, 6.07) is 4.54. The van der Waals surface area contributed by atoms with E-state index in [4.69, 9.17) is 0 Å². The molecule has 3 rings (SSSR count). The molecule has 2 atom stereocenters. The molecule has 1 saturated carbocycles. The number of hydrogen-bond donors (Lipinski definition) is 0. The molecule has 1 aromatic rings. The van der Waals surface area contributed by atoms with E-state index in [1.165, 1.54) is 37.8 Å². The van der Waals surface area contributed by atoms with Crippen LogP contribution in [0.25, 0.3) is 0 Å². The summed E-state index contributed by atoms with van der Waals surface area (Å²) in [5, 5.41) is 11.1. The number of fused-ring (bicyclic) bond motifs is 1. The van der Waals surface area contributed by atoms with Gasteiger partial charge in [0.1, 0.15) is 0 Å². The summed E-state index contributed by atoms with van der Waals surface area (Å²) in [5.74, 6) is 1.27. The molecular formula is C18H25N3O3. The number of non-ortho nitro benzene ring substituents is 1. The second-order valence-corrected chi connectivity index (χ2v) is 7.20. The molecule has 1 aromatic carbocycles. The molecule has 2 fully saturated rings. The fourth-order valence-electron chi connectivity index (χ4n) is 4.15. The molecule has 0 bridgehead atoms. The minimum atomic E-state index is -0.441. The first-order valence-corrected chi connectivity index (χ1v) is 8.72. The summed E-state index contributed by atoms with van der Waals surface area (Å²) < 4.78 is 0. The summed E-state index contributed by atoms with van der Waals surface area (Å²) in [6.45, 7) is 1.55. The molecule has 0 unspecified atom stereocenters. The quantitative estimate of drug-likeness (QED) is 0.629. The Morgan fingerprint density at radius 3 is 2.58 bits per heavy atom. The molecular weight excluding hydrogens is 306 g/mol. The van der Waals surface area contributed by atoms with Gasteiger partial charge in [-0.2, -0.15) is 0 Å². The van der Waals surface area contributed by atoms with E-state index < -0.39 is 4.92 Å². The number of nitrogens with zero attached hydrogens (tertiary/aromatic N) is 3. The van der Waals surface area contributed by atoms with E-state index in [0.29, 0.717) is 11.5 Å². The van der Waals surface area contributed by atoms with Crippen molar-refractivity contribution in [2.75, 3.05) is 32.1 Å². The van der Waals surface area contributed by atoms with E-state index in [-0.39, 0.29) is 11.6 Å². The largest absolute Gasteiger partial charge is 0.377 e. The van der Waals surface area contributed by atoms with Crippen LogP contribution in [0.4, 0.5) is 11.4 Å². The van der Waals surface area contributed by atoms with Gasteiger partial charge in [0.2, 0.25) is 0 Å². The van der Waals surface area contributed by atoms with Crippen LogP contribution in [0.1, 0.15) is 42.5 Å². The van der Waals surface area contributed by atoms with Crippen LogP contribution in [-0.4, -0.2) is 42.9 Å². The number of anilines is 1. The predicted octanol–water partition coefficient (Wildman–Crippen LogP) is 3.31. The smallest absolute Gasteiger partial charge is 0.270 e. The molecule has 0 N–H and O–H groups in total. The van der Waals surface area contributed by atoms with E-state index in [1.807, 2.05) is 23.9 Å². The Morgan fingerprint density at radius 1 is 1.21 bits per heavy atom. The highest BCUT2D eigenvalue weighted by Gasteiger charge is 2.34. The zero-order chi connectivity index (χ0) is 17.3. The number of hydrogen-bond acceptors (Lipinski definition) is 4. The molecule has 1 aliphatic carbocycles. The van der Waals surface area contributed by atoms with Gasteiger partial charge in [-0.25, -0.2) is 0 Å². The summed E-state index contributed by atoms with van der Waals surface area (Å²) in [5.41, 5.74) is 1.14. The van der Waals surface area contributed by atoms with Gasteiger partial charge in [-0.1, -0.05) is 19.3 Å². The van der Waals surface area contributed by atoms with E-state index in [1.54, 1.807) is 6.07 Å². The lowest BCUT2D eigenvalue weighted by Crippen LogP contribution is -2.45. The minimum absolute atomic E-state index is 0.0310. The van der Waals surface area contributed by atoms with Gasteiger partial charge in [-0.05, 0) is 30.7 Å². The van der Waals surface area contributed by atoms with Crippen LogP contribution >= 0.6 is 0 Å². The van der Waals surface area contributed by atoms with Gasteiger partial charge in [0.25, 0.3) is 11.6 Å². The van der Waals surface area contributed by atoms with Gasteiger partial charge in [0, 0.05) is 45.0 Å². The van der Waals surface area contributed by atoms with Crippen molar-refractivity contribution >= 4 is 17.3 Å². The SMILES string of the molecule is CN(C)c1ccc([N+](=O)[O-])cc1C(=O)N1CC[C@H]2CCCC[C@@H]2C1. The average molecular weight is 331 g/mol. The number of likely N-dealkylation sites (tertiary alicyclic amines) is 1. The number of carbonyl (C=O) groups is 1. The lowest BCUT2D eigenvalue weighted by atomic mass is 9.75. The third kappa shape index (κ3) is 3.23. The van der Waals surface area contributed by atoms with Gasteiger partial charge in [-0.15, -0.1) is 0 Å². The maximum Gasteiger partial charge on any atom is 0.270 e. The fraction of sp³-hybridized carbons (Fsp3) is 0.611. The summed E-state index contributed by atoms with van der Waals surface area (Å²) in [7, 11) is 3.70. The fourth-order valence-corrected chi connectivity index (χ4v) is 4.15. The molecule has 0 spiro atoms. The molecule has 130 valence electrons. The van der Waals surface area contributed by atoms with Crippen LogP contribution in [0.15, 0.2) is 18.2 Å². The van der Waals surface area contributed by atoms with E-state index in [0.717, 1.165) is 31.1 Å². The molecule has 0 aromatic heterocycles. The Labute approximate surface area is 142 Å². The summed E-state index contributed by atoms with van der Waals surface area (Å²) in [6.07, 6.45) is 6.10. The highest BCUT2D eigenvalue weighted by Crippen LogP contribution is 2.37. The van der Waals surface area contributed by atoms with Gasteiger partial charge in [-0.3, -0.25) is 14.9 Å². The Hall–Kier alpha value is -2.11. The van der Waals surface area contributed by atoms with Crippen molar-refractivity contribution in [2.24, 2.45) is 11.8 Å². The van der Waals surface area contributed by atoms with Crippen molar-refractivity contribution < 1.29 is 9.72 Å². The van der Waals surface area contributed by atoms with Crippen molar-refractivity contribution in [1.82, 2.24) is 4.90 Å². The van der Waals surface area contributed by atoms with Crippen molar-refractivity contribution in [1.29, 1.82) is 0 Å². The normalized spacial score (nSPS) is 23.5. The molecule has 1 heterocycles. The van der Waals surface area contributed by atoms with E-state index >= 15 is 0 Å². The monoisotopic (exact) mass is 331 g/mol. The molecule has 6 nitrogen and oxygen atoms in total. The number of rotatable bonds is 3. The van der Waals surface area contributed by atoms with E-state index in [2.05, 4.69) is 0 Å². The summed E-state index contributed by atoms with van der Waals surface area (Å²) in [4.78, 5) is 27.4. The number of nitro benzene ring substituents is 1. The Kier molecular flexibility index (Phi) is 4.73. The topological polar surface area (TPSA) is 66.7 Å². The Bertz CT molecular complexity index is 644. The molecule has 1 saturated heterocycles. The van der Waals surface area contributed by atoms with Crippen LogP contribution in [-0.2, 0) is 0 Å². The minimum Gasteiger partial charge on any atom is -0.377 e.